The van der Waals surface area contributed by atoms with Gasteiger partial charge in [0.05, 0.1) is 17.4 Å². The molecule has 0 saturated carbocycles. The molecule has 2 aromatic heterocycles. The highest BCUT2D eigenvalue weighted by molar-refractivity contribution is 6.13. The van der Waals surface area contributed by atoms with Crippen molar-refractivity contribution < 1.29 is 24.5 Å². The van der Waals surface area contributed by atoms with Crippen molar-refractivity contribution >= 4 is 28.3 Å². The van der Waals surface area contributed by atoms with Crippen LogP contribution in [0.3, 0.4) is 0 Å². The number of amides is 1. The second-order valence-electron chi connectivity index (χ2n) is 10.6. The summed E-state index contributed by atoms with van der Waals surface area (Å²) in [6.45, 7) is 8.25. The summed E-state index contributed by atoms with van der Waals surface area (Å²) in [6.07, 6.45) is 2.59. The van der Waals surface area contributed by atoms with Crippen molar-refractivity contribution in [2.24, 2.45) is 4.99 Å². The molecular weight excluding hydrogens is 571 g/mol. The lowest BCUT2D eigenvalue weighted by Crippen LogP contribution is -2.34. The SMILES string of the molecule is C=C(O)N(C(=NC)c1cc(C(C)C)c(O)cc1O)c1ccc2c(ccn2CCN(C)C(=O)CCn2cc(F)c(=O)[nH]c2=O)c1. The molecule has 0 aliphatic carbocycles. The number of anilines is 1. The van der Waals surface area contributed by atoms with E-state index in [4.69, 9.17) is 0 Å². The number of carbonyl (C=O) groups excluding carboxylic acids is 1. The average Bonchev–Trinajstić information content (AvgIpc) is 3.37. The van der Waals surface area contributed by atoms with Crippen molar-refractivity contribution in [1.82, 2.24) is 19.0 Å². The summed E-state index contributed by atoms with van der Waals surface area (Å²) < 4.78 is 16.4. The zero-order valence-corrected chi connectivity index (χ0v) is 24.9. The summed E-state index contributed by atoms with van der Waals surface area (Å²) in [7, 11) is 3.15. The summed E-state index contributed by atoms with van der Waals surface area (Å²) in [5.41, 5.74) is 0.417. The first-order valence-corrected chi connectivity index (χ1v) is 13.9. The van der Waals surface area contributed by atoms with Crippen molar-refractivity contribution in [2.45, 2.75) is 39.3 Å². The second kappa shape index (κ2) is 12.9. The molecule has 4 aromatic rings. The molecule has 232 valence electrons. The van der Waals surface area contributed by atoms with E-state index in [0.717, 1.165) is 21.7 Å². The normalized spacial score (nSPS) is 11.7. The van der Waals surface area contributed by atoms with Gasteiger partial charge in [0.25, 0.3) is 5.56 Å². The minimum absolute atomic E-state index is 0.0338. The van der Waals surface area contributed by atoms with Crippen LogP contribution in [0.1, 0.15) is 37.3 Å². The van der Waals surface area contributed by atoms with Crippen molar-refractivity contribution in [2.75, 3.05) is 25.5 Å². The maximum atomic E-state index is 13.5. The number of aromatic nitrogens is 3. The molecule has 1 amide bonds. The number of phenols is 2. The van der Waals surface area contributed by atoms with Crippen LogP contribution in [0.25, 0.3) is 10.9 Å². The predicted molar refractivity (Wildman–Crippen MR) is 166 cm³/mol. The number of aromatic amines is 1. The van der Waals surface area contributed by atoms with Crippen LogP contribution in [-0.4, -0.2) is 66.7 Å². The van der Waals surface area contributed by atoms with Gasteiger partial charge in [0, 0.05) is 63.3 Å². The molecule has 0 saturated heterocycles. The largest absolute Gasteiger partial charge is 0.508 e. The lowest BCUT2D eigenvalue weighted by atomic mass is 9.98. The number of fused-ring (bicyclic) bond motifs is 1. The Hall–Kier alpha value is -5.33. The zero-order chi connectivity index (χ0) is 32.3. The van der Waals surface area contributed by atoms with Crippen LogP contribution >= 0.6 is 0 Å². The van der Waals surface area contributed by atoms with Crippen LogP contribution in [0.5, 0.6) is 11.5 Å². The smallest absolute Gasteiger partial charge is 0.328 e. The Kier molecular flexibility index (Phi) is 9.26. The molecule has 2 heterocycles. The maximum absolute atomic E-state index is 13.5. The number of hydrogen-bond acceptors (Lipinski definition) is 7. The number of likely N-dealkylation sites (N-methyl/N-ethyl adjacent to an activating group) is 1. The molecule has 2 aromatic carbocycles. The van der Waals surface area contributed by atoms with Crippen molar-refractivity contribution in [3.63, 3.8) is 0 Å². The van der Waals surface area contributed by atoms with Gasteiger partial charge >= 0.3 is 5.69 Å². The number of hydrogen-bond donors (Lipinski definition) is 4. The number of amidine groups is 1. The van der Waals surface area contributed by atoms with Crippen LogP contribution in [0.4, 0.5) is 10.1 Å². The monoisotopic (exact) mass is 606 g/mol. The number of phenolic OH excluding ortho intramolecular Hbond substituents is 2. The summed E-state index contributed by atoms with van der Waals surface area (Å²) >= 11 is 0. The summed E-state index contributed by atoms with van der Waals surface area (Å²) in [5.74, 6) is -1.74. The number of aromatic hydroxyl groups is 2. The molecule has 44 heavy (non-hydrogen) atoms. The van der Waals surface area contributed by atoms with E-state index < -0.39 is 17.1 Å². The Morgan fingerprint density at radius 3 is 2.48 bits per heavy atom. The fourth-order valence-electron chi connectivity index (χ4n) is 4.93. The van der Waals surface area contributed by atoms with E-state index in [1.54, 1.807) is 19.2 Å². The van der Waals surface area contributed by atoms with E-state index in [-0.39, 0.29) is 48.0 Å². The topological polar surface area (TPSA) is 156 Å². The van der Waals surface area contributed by atoms with E-state index in [1.807, 2.05) is 47.8 Å². The molecule has 4 rings (SSSR count). The van der Waals surface area contributed by atoms with Gasteiger partial charge in [0.1, 0.15) is 17.3 Å². The van der Waals surface area contributed by atoms with Gasteiger partial charge in [0.2, 0.25) is 11.7 Å². The number of aliphatic hydroxyl groups excluding tert-OH is 1. The van der Waals surface area contributed by atoms with E-state index in [9.17, 15) is 34.1 Å². The molecule has 0 atom stereocenters. The number of aliphatic imine (C=N–C) groups is 1. The number of halogens is 1. The van der Waals surface area contributed by atoms with Crippen molar-refractivity contribution in [3.05, 3.63) is 99.0 Å². The van der Waals surface area contributed by atoms with Gasteiger partial charge in [-0.15, -0.1) is 0 Å². The van der Waals surface area contributed by atoms with Gasteiger partial charge in [0.15, 0.2) is 5.88 Å². The van der Waals surface area contributed by atoms with Gasteiger partial charge in [-0.2, -0.15) is 4.39 Å². The number of carbonyl (C=O) groups is 1. The number of benzene rings is 2. The van der Waals surface area contributed by atoms with Gasteiger partial charge in [-0.3, -0.25) is 29.0 Å². The highest BCUT2D eigenvalue weighted by Crippen LogP contribution is 2.35. The van der Waals surface area contributed by atoms with Gasteiger partial charge in [-0.05, 0) is 48.4 Å². The van der Waals surface area contributed by atoms with Crippen LogP contribution in [0.2, 0.25) is 0 Å². The molecule has 4 N–H and O–H groups in total. The molecule has 0 unspecified atom stereocenters. The third-order valence-electron chi connectivity index (χ3n) is 7.34. The van der Waals surface area contributed by atoms with Gasteiger partial charge in [-0.25, -0.2) is 4.79 Å². The van der Waals surface area contributed by atoms with Gasteiger partial charge < -0.3 is 24.8 Å². The minimum Gasteiger partial charge on any atom is -0.508 e. The van der Waals surface area contributed by atoms with Crippen LogP contribution in [-0.2, 0) is 17.9 Å². The minimum atomic E-state index is -1.11. The number of H-pyrrole nitrogens is 1. The Morgan fingerprint density at radius 2 is 1.82 bits per heavy atom. The van der Waals surface area contributed by atoms with Gasteiger partial charge in [-0.1, -0.05) is 13.8 Å². The standard InChI is InChI=1S/C31H35FN6O6/c1-18(2)22-15-23(27(41)16-26(22)40)29(33-4)38(19(3)39)21-6-7-25-20(14-21)8-10-36(25)13-12-35(5)28(42)9-11-37-17-24(32)30(43)34-31(37)44/h6-8,10,14-18,39-41H,3,9,11-13H2,1-2,4-5H3,(H,34,43,44). The molecule has 0 spiro atoms. The van der Waals surface area contributed by atoms with E-state index in [1.165, 1.54) is 22.9 Å². The van der Waals surface area contributed by atoms with Crippen molar-refractivity contribution in [1.29, 1.82) is 0 Å². The molecule has 0 bridgehead atoms. The van der Waals surface area contributed by atoms with Crippen LogP contribution in [0.15, 0.2) is 75.8 Å². The lowest BCUT2D eigenvalue weighted by Gasteiger charge is -2.26. The Morgan fingerprint density at radius 1 is 1.09 bits per heavy atom. The quantitative estimate of drug-likeness (QED) is 0.122. The third-order valence-corrected chi connectivity index (χ3v) is 7.34. The van der Waals surface area contributed by atoms with E-state index in [2.05, 4.69) is 11.6 Å². The van der Waals surface area contributed by atoms with Crippen molar-refractivity contribution in [3.8, 4) is 11.5 Å². The Labute approximate surface area is 252 Å². The molecule has 0 aliphatic heterocycles. The number of nitrogens with one attached hydrogen (secondary N) is 1. The highest BCUT2D eigenvalue weighted by atomic mass is 19.1. The predicted octanol–water partition coefficient (Wildman–Crippen LogP) is 3.63. The number of aliphatic hydroxyl groups is 1. The first-order chi connectivity index (χ1) is 20.8. The fourth-order valence-corrected chi connectivity index (χ4v) is 4.93. The first kappa shape index (κ1) is 31.6. The fraction of sp³-hybridized carbons (Fsp3) is 0.290. The molecule has 0 fully saturated rings. The number of aryl methyl sites for hydroxylation is 1. The van der Waals surface area contributed by atoms with E-state index >= 15 is 0 Å². The molecule has 0 radical (unpaired) electrons. The zero-order valence-electron chi connectivity index (χ0n) is 24.9. The third kappa shape index (κ3) is 6.51. The summed E-state index contributed by atoms with van der Waals surface area (Å²) in [4.78, 5) is 44.8. The Bertz CT molecular complexity index is 1870. The van der Waals surface area contributed by atoms with Crippen LogP contribution in [0, 0.1) is 5.82 Å². The number of nitrogens with zero attached hydrogens (tertiary/aromatic N) is 5. The lowest BCUT2D eigenvalue weighted by molar-refractivity contribution is -0.130. The highest BCUT2D eigenvalue weighted by Gasteiger charge is 2.24. The summed E-state index contributed by atoms with van der Waals surface area (Å²) in [6, 6.07) is 10.2. The molecule has 12 nitrogen and oxygen atoms in total. The molecule has 0 aliphatic rings. The molecule has 13 heteroatoms. The second-order valence-corrected chi connectivity index (χ2v) is 10.6. The van der Waals surface area contributed by atoms with Crippen LogP contribution < -0.4 is 16.1 Å². The number of rotatable bonds is 10. The average molecular weight is 607 g/mol. The van der Waals surface area contributed by atoms with E-state index in [0.29, 0.717) is 29.9 Å². The Balaban J connectivity index is 1.51. The maximum Gasteiger partial charge on any atom is 0.328 e. The first-order valence-electron chi connectivity index (χ1n) is 13.9. The molecular formula is C31H35FN6O6. The summed E-state index contributed by atoms with van der Waals surface area (Å²) in [5, 5.41) is 32.4.